The predicted octanol–water partition coefficient (Wildman–Crippen LogP) is 2.63. The average Bonchev–Trinajstić information content (AvgIpc) is 2.84. The number of unbranched alkanes of at least 4 members (excludes halogenated alkanes) is 1. The number of fused-ring (bicyclic) bond motifs is 3. The van der Waals surface area contributed by atoms with Crippen LogP contribution in [0.5, 0.6) is 0 Å². The molecule has 6 heteroatoms. The van der Waals surface area contributed by atoms with Gasteiger partial charge in [-0.3, -0.25) is 0 Å². The normalized spacial score (nSPS) is 13.0. The molecule has 3 heterocycles. The van der Waals surface area contributed by atoms with E-state index in [0.29, 0.717) is 11.7 Å². The first-order valence-electron chi connectivity index (χ1n) is 8.20. The lowest BCUT2D eigenvalue weighted by atomic mass is 10.1. The number of aryl methyl sites for hydroxylation is 1. The van der Waals surface area contributed by atoms with E-state index < -0.39 is 0 Å². The summed E-state index contributed by atoms with van der Waals surface area (Å²) in [5.41, 5.74) is 9.26. The van der Waals surface area contributed by atoms with Crippen LogP contribution in [0.15, 0.2) is 6.08 Å². The molecular formula is C17H27N5O. The van der Waals surface area contributed by atoms with Crippen LogP contribution >= 0.6 is 0 Å². The number of nitrogens with two attached hydrogens (primary N) is 1. The Labute approximate surface area is 137 Å². The molecule has 2 aromatic heterocycles. The van der Waals surface area contributed by atoms with Crippen molar-refractivity contribution < 1.29 is 5.48 Å². The molecule has 23 heavy (non-hydrogen) atoms. The SMILES string of the molecule is CCCCc1nc2c(N)nc3c(c2n1CC(C)C)C=CCN3.O. The fraction of sp³-hybridized carbons (Fsp3) is 0.529. The third-order valence-electron chi connectivity index (χ3n) is 4.01. The molecule has 0 aliphatic carbocycles. The lowest BCUT2D eigenvalue weighted by Gasteiger charge is -2.17. The van der Waals surface area contributed by atoms with Gasteiger partial charge in [-0.05, 0) is 12.3 Å². The second kappa shape index (κ2) is 7.00. The third-order valence-corrected chi connectivity index (χ3v) is 4.01. The number of imidazole rings is 1. The maximum Gasteiger partial charge on any atom is 0.154 e. The standard InChI is InChI=1S/C17H25N5.H2O/c1-4-5-8-13-20-14-15(22(13)10-11(2)3)12-7-6-9-19-17(12)21-16(14)18;/h6-7,11H,4-5,8-10H2,1-3H3,(H3,18,19,21);1H2. The average molecular weight is 317 g/mol. The largest absolute Gasteiger partial charge is 0.412 e. The molecule has 3 rings (SSSR count). The molecule has 0 aromatic carbocycles. The minimum absolute atomic E-state index is 0. The Morgan fingerprint density at radius 2 is 2.13 bits per heavy atom. The molecule has 0 bridgehead atoms. The van der Waals surface area contributed by atoms with E-state index in [1.807, 2.05) is 0 Å². The van der Waals surface area contributed by atoms with Crippen molar-refractivity contribution in [3.8, 4) is 0 Å². The van der Waals surface area contributed by atoms with Crippen LogP contribution in [0.4, 0.5) is 11.6 Å². The van der Waals surface area contributed by atoms with E-state index in [0.717, 1.165) is 60.6 Å². The summed E-state index contributed by atoms with van der Waals surface area (Å²) in [4.78, 5) is 9.32. The third kappa shape index (κ3) is 3.17. The molecule has 2 aromatic rings. The molecule has 1 aliphatic rings. The summed E-state index contributed by atoms with van der Waals surface area (Å²) in [6.45, 7) is 8.44. The van der Waals surface area contributed by atoms with E-state index in [2.05, 4.69) is 47.8 Å². The molecule has 1 aliphatic heterocycles. The molecule has 5 N–H and O–H groups in total. The monoisotopic (exact) mass is 317 g/mol. The Kier molecular flexibility index (Phi) is 5.26. The number of pyridine rings is 1. The highest BCUT2D eigenvalue weighted by Crippen LogP contribution is 2.32. The van der Waals surface area contributed by atoms with Crippen LogP contribution in [-0.2, 0) is 13.0 Å². The van der Waals surface area contributed by atoms with Crippen molar-refractivity contribution in [2.75, 3.05) is 17.6 Å². The van der Waals surface area contributed by atoms with Crippen LogP contribution < -0.4 is 11.1 Å². The Balaban J connectivity index is 0.00000192. The summed E-state index contributed by atoms with van der Waals surface area (Å²) in [5.74, 6) is 3.09. The zero-order valence-corrected chi connectivity index (χ0v) is 14.2. The highest BCUT2D eigenvalue weighted by molar-refractivity contribution is 5.97. The van der Waals surface area contributed by atoms with Gasteiger partial charge in [0, 0.05) is 25.1 Å². The van der Waals surface area contributed by atoms with Crippen LogP contribution in [0.2, 0.25) is 0 Å². The van der Waals surface area contributed by atoms with E-state index in [-0.39, 0.29) is 5.48 Å². The molecule has 6 nitrogen and oxygen atoms in total. The number of anilines is 2. The van der Waals surface area contributed by atoms with Gasteiger partial charge in [-0.25, -0.2) is 9.97 Å². The van der Waals surface area contributed by atoms with Crippen LogP contribution in [0.25, 0.3) is 17.1 Å². The Morgan fingerprint density at radius 3 is 2.83 bits per heavy atom. The van der Waals surface area contributed by atoms with E-state index in [1.54, 1.807) is 0 Å². The molecule has 0 spiro atoms. The van der Waals surface area contributed by atoms with E-state index >= 15 is 0 Å². The molecule has 0 amide bonds. The summed E-state index contributed by atoms with van der Waals surface area (Å²) < 4.78 is 2.35. The first-order chi connectivity index (χ1) is 10.6. The van der Waals surface area contributed by atoms with Gasteiger partial charge in [0.25, 0.3) is 0 Å². The lowest BCUT2D eigenvalue weighted by Crippen LogP contribution is -2.12. The molecule has 0 saturated carbocycles. The fourth-order valence-electron chi connectivity index (χ4n) is 3.01. The molecule has 0 fully saturated rings. The summed E-state index contributed by atoms with van der Waals surface area (Å²) >= 11 is 0. The second-order valence-corrected chi connectivity index (χ2v) is 6.38. The topological polar surface area (TPSA) is 100 Å². The van der Waals surface area contributed by atoms with Gasteiger partial charge < -0.3 is 21.1 Å². The van der Waals surface area contributed by atoms with Crippen molar-refractivity contribution in [2.45, 2.75) is 46.6 Å². The zero-order valence-electron chi connectivity index (χ0n) is 14.2. The highest BCUT2D eigenvalue weighted by Gasteiger charge is 2.21. The number of rotatable bonds is 5. The molecule has 0 unspecified atom stereocenters. The van der Waals surface area contributed by atoms with Crippen molar-refractivity contribution in [1.82, 2.24) is 14.5 Å². The highest BCUT2D eigenvalue weighted by atomic mass is 16.0. The smallest absolute Gasteiger partial charge is 0.154 e. The Hall–Kier alpha value is -2.08. The van der Waals surface area contributed by atoms with Crippen LogP contribution in [-0.4, -0.2) is 26.6 Å². The quantitative estimate of drug-likeness (QED) is 0.885. The Morgan fingerprint density at radius 1 is 1.35 bits per heavy atom. The van der Waals surface area contributed by atoms with Crippen LogP contribution in [0.1, 0.15) is 45.0 Å². The first-order valence-corrected chi connectivity index (χ1v) is 8.20. The number of hydrogen-bond donors (Lipinski definition) is 2. The summed E-state index contributed by atoms with van der Waals surface area (Å²) in [6.07, 6.45) is 7.56. The van der Waals surface area contributed by atoms with Crippen molar-refractivity contribution >= 4 is 28.7 Å². The number of nitrogens with one attached hydrogen (secondary N) is 1. The predicted molar refractivity (Wildman–Crippen MR) is 96.5 cm³/mol. The van der Waals surface area contributed by atoms with Crippen molar-refractivity contribution in [1.29, 1.82) is 0 Å². The number of nitrogen functional groups attached to an aromatic ring is 1. The van der Waals surface area contributed by atoms with E-state index in [4.69, 9.17) is 10.7 Å². The zero-order chi connectivity index (χ0) is 15.7. The van der Waals surface area contributed by atoms with Crippen molar-refractivity contribution in [3.63, 3.8) is 0 Å². The number of hydrogen-bond acceptors (Lipinski definition) is 4. The van der Waals surface area contributed by atoms with Crippen molar-refractivity contribution in [2.24, 2.45) is 5.92 Å². The molecule has 0 radical (unpaired) electrons. The van der Waals surface area contributed by atoms with Crippen molar-refractivity contribution in [3.05, 3.63) is 17.5 Å². The van der Waals surface area contributed by atoms with Gasteiger partial charge in [0.1, 0.15) is 17.2 Å². The number of nitrogens with zero attached hydrogens (tertiary/aromatic N) is 3. The van der Waals surface area contributed by atoms with Gasteiger partial charge in [0.15, 0.2) is 5.82 Å². The van der Waals surface area contributed by atoms with Gasteiger partial charge in [0.2, 0.25) is 0 Å². The lowest BCUT2D eigenvalue weighted by molar-refractivity contribution is 0.513. The van der Waals surface area contributed by atoms with E-state index in [9.17, 15) is 0 Å². The maximum atomic E-state index is 6.17. The van der Waals surface area contributed by atoms with Gasteiger partial charge in [-0.2, -0.15) is 0 Å². The van der Waals surface area contributed by atoms with Gasteiger partial charge in [-0.1, -0.05) is 39.3 Å². The van der Waals surface area contributed by atoms with Crippen LogP contribution in [0, 0.1) is 5.92 Å². The van der Waals surface area contributed by atoms with Gasteiger partial charge in [0.05, 0.1) is 5.52 Å². The summed E-state index contributed by atoms with van der Waals surface area (Å²) in [6, 6.07) is 0. The molecular weight excluding hydrogens is 290 g/mol. The molecule has 126 valence electrons. The second-order valence-electron chi connectivity index (χ2n) is 6.38. The van der Waals surface area contributed by atoms with E-state index in [1.165, 1.54) is 0 Å². The minimum Gasteiger partial charge on any atom is -0.412 e. The maximum absolute atomic E-state index is 6.17. The number of aromatic nitrogens is 3. The fourth-order valence-corrected chi connectivity index (χ4v) is 3.01. The van der Waals surface area contributed by atoms with Crippen LogP contribution in [0.3, 0.4) is 0 Å². The van der Waals surface area contributed by atoms with Gasteiger partial charge in [-0.15, -0.1) is 0 Å². The minimum atomic E-state index is 0. The van der Waals surface area contributed by atoms with Gasteiger partial charge >= 0.3 is 0 Å². The molecule has 0 atom stereocenters. The molecule has 0 saturated heterocycles. The summed E-state index contributed by atoms with van der Waals surface area (Å²) in [7, 11) is 0. The first kappa shape index (κ1) is 17.3. The summed E-state index contributed by atoms with van der Waals surface area (Å²) in [5, 5.41) is 3.31. The Bertz CT molecular complexity index is 718.